The molecule has 0 aliphatic heterocycles. The summed E-state index contributed by atoms with van der Waals surface area (Å²) in [4.78, 5) is 8.27. The van der Waals surface area contributed by atoms with Gasteiger partial charge in [-0.05, 0) is 12.5 Å². The molecule has 0 saturated carbocycles. The topological polar surface area (TPSA) is 64.8 Å². The van der Waals surface area contributed by atoms with Crippen molar-refractivity contribution in [2.75, 3.05) is 0 Å². The number of thiazole rings is 1. The predicted octanol–water partition coefficient (Wildman–Crippen LogP) is 3.85. The van der Waals surface area contributed by atoms with E-state index in [-0.39, 0.29) is 5.69 Å². The first-order valence-corrected chi connectivity index (χ1v) is 10.00. The van der Waals surface area contributed by atoms with Crippen molar-refractivity contribution in [3.8, 4) is 11.3 Å². The number of alkyl halides is 3. The molecule has 2 heterocycles. The molecule has 1 aromatic carbocycles. The zero-order valence-corrected chi connectivity index (χ0v) is 15.2. The van der Waals surface area contributed by atoms with Gasteiger partial charge in [0.15, 0.2) is 0 Å². The lowest BCUT2D eigenvalue weighted by molar-refractivity contribution is -0.141. The van der Waals surface area contributed by atoms with Gasteiger partial charge in [0, 0.05) is 4.88 Å². The summed E-state index contributed by atoms with van der Waals surface area (Å²) in [5.41, 5.74) is 2.59. The number of halogens is 3. The van der Waals surface area contributed by atoms with Crippen LogP contribution in [0.15, 0.2) is 47.2 Å². The molecule has 26 heavy (non-hydrogen) atoms. The molecule has 0 saturated heterocycles. The highest BCUT2D eigenvalue weighted by Crippen LogP contribution is 2.29. The van der Waals surface area contributed by atoms with Gasteiger partial charge in [0.05, 0.1) is 28.8 Å². The van der Waals surface area contributed by atoms with Crippen molar-refractivity contribution in [2.45, 2.75) is 30.6 Å². The smallest absolute Gasteiger partial charge is 0.306 e. The third-order valence-electron chi connectivity index (χ3n) is 3.67. The Kier molecular flexibility index (Phi) is 4.89. The van der Waals surface area contributed by atoms with E-state index in [0.29, 0.717) is 20.7 Å². The summed E-state index contributed by atoms with van der Waals surface area (Å²) in [7, 11) is -4.07. The third-order valence-corrected chi connectivity index (χ3v) is 6.34. The maximum Gasteiger partial charge on any atom is 0.406 e. The number of rotatable bonds is 5. The van der Waals surface area contributed by atoms with Crippen molar-refractivity contribution in [2.24, 2.45) is 0 Å². The van der Waals surface area contributed by atoms with Gasteiger partial charge >= 0.3 is 6.18 Å². The number of aryl methyl sites for hydroxylation is 1. The Morgan fingerprint density at radius 3 is 2.42 bits per heavy atom. The van der Waals surface area contributed by atoms with E-state index in [0.717, 1.165) is 17.5 Å². The van der Waals surface area contributed by atoms with Crippen molar-refractivity contribution in [1.82, 2.24) is 14.5 Å². The summed E-state index contributed by atoms with van der Waals surface area (Å²) < 4.78 is 65.4. The minimum Gasteiger partial charge on any atom is -0.306 e. The SMILES string of the molecule is Cc1ncsc1CS(=O)(=O)c1ncc(-c2ccccc2)n1CC(F)(F)F. The average molecular weight is 401 g/mol. The molecule has 2 aromatic heterocycles. The minimum absolute atomic E-state index is 0.0996. The molecule has 5 nitrogen and oxygen atoms in total. The van der Waals surface area contributed by atoms with Crippen LogP contribution in [0.25, 0.3) is 11.3 Å². The monoisotopic (exact) mass is 401 g/mol. The van der Waals surface area contributed by atoms with Crippen LogP contribution in [0.5, 0.6) is 0 Å². The first kappa shape index (κ1) is 18.6. The molecule has 0 radical (unpaired) electrons. The lowest BCUT2D eigenvalue weighted by Crippen LogP contribution is -2.22. The van der Waals surface area contributed by atoms with E-state index < -0.39 is 33.5 Å². The van der Waals surface area contributed by atoms with Gasteiger partial charge in [-0.1, -0.05) is 30.3 Å². The molecule has 0 amide bonds. The molecule has 0 fully saturated rings. The second kappa shape index (κ2) is 6.84. The van der Waals surface area contributed by atoms with Crippen LogP contribution in [0.4, 0.5) is 13.2 Å². The molecule has 0 unspecified atom stereocenters. The second-order valence-corrected chi connectivity index (χ2v) is 8.44. The number of aromatic nitrogens is 3. The van der Waals surface area contributed by atoms with Crippen LogP contribution in [0.3, 0.4) is 0 Å². The number of hydrogen-bond donors (Lipinski definition) is 0. The van der Waals surface area contributed by atoms with Gasteiger partial charge in [-0.3, -0.25) is 0 Å². The van der Waals surface area contributed by atoms with E-state index in [2.05, 4.69) is 9.97 Å². The molecule has 0 aliphatic carbocycles. The zero-order chi connectivity index (χ0) is 18.9. The molecule has 0 aliphatic rings. The van der Waals surface area contributed by atoms with E-state index >= 15 is 0 Å². The number of hydrogen-bond acceptors (Lipinski definition) is 5. The van der Waals surface area contributed by atoms with E-state index in [4.69, 9.17) is 0 Å². The summed E-state index contributed by atoms with van der Waals surface area (Å²) in [5.74, 6) is -0.438. The standard InChI is InChI=1S/C16H14F3N3O2S2/c1-11-14(25-10-21-11)8-26(23,24)15-20-7-13(12-5-3-2-4-6-12)22(15)9-16(17,18)19/h2-7,10H,8-9H2,1H3. The fraction of sp³-hybridized carbons (Fsp3) is 0.250. The third kappa shape index (κ3) is 3.96. The zero-order valence-electron chi connectivity index (χ0n) is 13.6. The summed E-state index contributed by atoms with van der Waals surface area (Å²) >= 11 is 1.14. The van der Waals surface area contributed by atoms with Crippen molar-refractivity contribution in [3.63, 3.8) is 0 Å². The molecule has 0 atom stereocenters. The number of imidazole rings is 1. The number of sulfone groups is 1. The van der Waals surface area contributed by atoms with Crippen LogP contribution in [0, 0.1) is 6.92 Å². The Balaban J connectivity index is 2.09. The predicted molar refractivity (Wildman–Crippen MR) is 91.5 cm³/mol. The van der Waals surface area contributed by atoms with Crippen LogP contribution in [0.2, 0.25) is 0 Å². The molecule has 3 rings (SSSR count). The van der Waals surface area contributed by atoms with Crippen LogP contribution < -0.4 is 0 Å². The molecule has 0 spiro atoms. The van der Waals surface area contributed by atoms with E-state index in [1.807, 2.05) is 0 Å². The van der Waals surface area contributed by atoms with Crippen LogP contribution >= 0.6 is 11.3 Å². The molecule has 0 N–H and O–H groups in total. The fourth-order valence-electron chi connectivity index (χ4n) is 2.48. The quantitative estimate of drug-likeness (QED) is 0.651. The van der Waals surface area contributed by atoms with Crippen molar-refractivity contribution in [1.29, 1.82) is 0 Å². The van der Waals surface area contributed by atoms with Crippen LogP contribution in [0.1, 0.15) is 10.6 Å². The Morgan fingerprint density at radius 1 is 1.15 bits per heavy atom. The highest BCUT2D eigenvalue weighted by Gasteiger charge is 2.34. The van der Waals surface area contributed by atoms with Gasteiger partial charge < -0.3 is 4.57 Å². The van der Waals surface area contributed by atoms with Gasteiger partial charge in [0.25, 0.3) is 0 Å². The lowest BCUT2D eigenvalue weighted by Gasteiger charge is -2.14. The van der Waals surface area contributed by atoms with E-state index in [1.54, 1.807) is 37.3 Å². The van der Waals surface area contributed by atoms with Crippen LogP contribution in [-0.2, 0) is 22.1 Å². The normalized spacial score (nSPS) is 12.5. The fourth-order valence-corrected chi connectivity index (χ4v) is 5.17. The largest absolute Gasteiger partial charge is 0.406 e. The highest BCUT2D eigenvalue weighted by molar-refractivity contribution is 7.90. The summed E-state index contributed by atoms with van der Waals surface area (Å²) in [6, 6.07) is 8.25. The van der Waals surface area contributed by atoms with Crippen molar-refractivity contribution in [3.05, 3.63) is 52.6 Å². The molecule has 10 heteroatoms. The molecular formula is C16H14F3N3O2S2. The molecule has 0 bridgehead atoms. The maximum absolute atomic E-state index is 13.1. The van der Waals surface area contributed by atoms with Gasteiger partial charge in [-0.25, -0.2) is 18.4 Å². The summed E-state index contributed by atoms with van der Waals surface area (Å²) in [5, 5.41) is -0.596. The summed E-state index contributed by atoms with van der Waals surface area (Å²) in [6.07, 6.45) is -3.43. The van der Waals surface area contributed by atoms with Gasteiger partial charge in [0.2, 0.25) is 15.0 Å². The number of nitrogens with zero attached hydrogens (tertiary/aromatic N) is 3. The first-order valence-electron chi connectivity index (χ1n) is 7.47. The molecular weight excluding hydrogens is 387 g/mol. The Bertz CT molecular complexity index is 1010. The first-order chi connectivity index (χ1) is 12.2. The Labute approximate surface area is 152 Å². The lowest BCUT2D eigenvalue weighted by atomic mass is 10.2. The van der Waals surface area contributed by atoms with E-state index in [9.17, 15) is 21.6 Å². The summed E-state index contributed by atoms with van der Waals surface area (Å²) in [6.45, 7) is 0.215. The molecule has 138 valence electrons. The van der Waals surface area contributed by atoms with Crippen molar-refractivity contribution < 1.29 is 21.6 Å². The van der Waals surface area contributed by atoms with E-state index in [1.165, 1.54) is 5.51 Å². The van der Waals surface area contributed by atoms with Crippen molar-refractivity contribution >= 4 is 21.2 Å². The van der Waals surface area contributed by atoms with Gasteiger partial charge in [0.1, 0.15) is 6.54 Å². The second-order valence-electron chi connectivity index (χ2n) is 5.61. The minimum atomic E-state index is -4.59. The maximum atomic E-state index is 13.1. The van der Waals surface area contributed by atoms with Gasteiger partial charge in [-0.2, -0.15) is 13.2 Å². The highest BCUT2D eigenvalue weighted by atomic mass is 32.2. The Hall–Kier alpha value is -2.20. The molecule has 3 aromatic rings. The Morgan fingerprint density at radius 2 is 1.85 bits per heavy atom. The van der Waals surface area contributed by atoms with Crippen LogP contribution in [-0.4, -0.2) is 29.1 Å². The average Bonchev–Trinajstić information content (AvgIpc) is 3.13. The number of benzene rings is 1. The van der Waals surface area contributed by atoms with Gasteiger partial charge in [-0.15, -0.1) is 11.3 Å².